The van der Waals surface area contributed by atoms with E-state index in [0.717, 1.165) is 82.6 Å². The third-order valence-corrected chi connectivity index (χ3v) is 21.8. The number of aliphatic carboxylic acids is 1. The molecule has 32 nitrogen and oxygen atoms in total. The number of thiazole rings is 1. The van der Waals surface area contributed by atoms with Crippen molar-refractivity contribution in [3.05, 3.63) is 125 Å². The number of anilines is 2. The summed E-state index contributed by atoms with van der Waals surface area (Å²) >= 11 is 1.40. The minimum atomic E-state index is -4.80. The summed E-state index contributed by atoms with van der Waals surface area (Å²) in [5.41, 5.74) is 4.26. The van der Waals surface area contributed by atoms with Crippen LogP contribution in [0, 0.1) is 23.2 Å². The first-order valence-electron chi connectivity index (χ1n) is 34.2. The van der Waals surface area contributed by atoms with E-state index in [1.54, 1.807) is 25.4 Å². The molecule has 7 aliphatic rings. The van der Waals surface area contributed by atoms with Crippen LogP contribution in [-0.2, 0) is 79.2 Å². The Morgan fingerprint density at radius 1 is 0.848 bits per heavy atom. The molecule has 0 spiro atoms. The summed E-state index contributed by atoms with van der Waals surface area (Å²) < 4.78 is 71.4. The SMILES string of the molecule is Cc1c(-c2ccc(N3CCc4cccc(C(=O)Nc5nc6ccccc6s5)c4C3)nc2C(=O)O)cnn1CC12CC3(C)CC(C)(C1)CC(OCCN(C)C(=O)OCc1ccc(O[C@@H]4O[C@H](C(=O)O)[C@@H](O)[C@H](O)[C@H]4O)cc1OCCOCCNC(=O)C(CS(=O)(=O)O)NC(=O)CCN1C(=O)C=CC1=O)(C3)C2. The summed E-state index contributed by atoms with van der Waals surface area (Å²) in [4.78, 5) is 116. The molecule has 1 saturated heterocycles. The smallest absolute Gasteiger partial charge is 0.409 e. The number of carboxylic acid groups (broad SMARTS) is 2. The van der Waals surface area contributed by atoms with E-state index in [1.807, 2.05) is 59.0 Å². The highest BCUT2D eigenvalue weighted by Crippen LogP contribution is 2.72. The number of rotatable bonds is 30. The van der Waals surface area contributed by atoms with Crippen molar-refractivity contribution in [2.45, 2.75) is 134 Å². The highest BCUT2D eigenvalue weighted by Gasteiger charge is 2.66. The molecular weight excluding hydrogens is 1410 g/mol. The number of carbonyl (C=O) groups is 8. The molecule has 34 heteroatoms. The molecular formula is C71H82N10O22S2. The van der Waals surface area contributed by atoms with Crippen LogP contribution in [0.4, 0.5) is 15.7 Å². The Morgan fingerprint density at radius 2 is 1.60 bits per heavy atom. The number of likely N-dealkylation sites (N-methyl/N-ethyl adjacent to an activating group) is 1. The number of carbonyl (C=O) groups excluding carboxylic acids is 6. The van der Waals surface area contributed by atoms with Crippen molar-refractivity contribution in [2.75, 3.05) is 75.6 Å². The van der Waals surface area contributed by atoms with Gasteiger partial charge in [0.25, 0.3) is 27.8 Å². The van der Waals surface area contributed by atoms with Crippen LogP contribution in [-0.4, -0.2) is 223 Å². The molecule has 3 aliphatic heterocycles. The number of hydrogen-bond acceptors (Lipinski definition) is 24. The van der Waals surface area contributed by atoms with Gasteiger partial charge in [0.1, 0.15) is 60.6 Å². The number of aliphatic hydroxyl groups excluding tert-OH is 3. The highest BCUT2D eigenvalue weighted by molar-refractivity contribution is 7.85. The van der Waals surface area contributed by atoms with Crippen LogP contribution in [0.1, 0.15) is 102 Å². The minimum Gasteiger partial charge on any atom is -0.491 e. The number of ether oxygens (including phenoxy) is 6. The zero-order chi connectivity index (χ0) is 74.9. The van der Waals surface area contributed by atoms with E-state index in [-0.39, 0.29) is 97.6 Å². The number of benzene rings is 3. The molecule has 0 radical (unpaired) electrons. The van der Waals surface area contributed by atoms with Gasteiger partial charge in [-0.05, 0) is 122 Å². The topological polar surface area (TPSA) is 437 Å². The van der Waals surface area contributed by atoms with E-state index in [9.17, 15) is 76.9 Å². The lowest BCUT2D eigenvalue weighted by molar-refractivity contribution is -0.271. The van der Waals surface area contributed by atoms with Crippen molar-refractivity contribution in [3.8, 4) is 22.6 Å². The Morgan fingerprint density at radius 3 is 2.32 bits per heavy atom. The van der Waals surface area contributed by atoms with Crippen LogP contribution >= 0.6 is 11.3 Å². The fraction of sp³-hybridized carbons (Fsp3) is 0.479. The number of pyridine rings is 1. The largest absolute Gasteiger partial charge is 0.491 e. The first-order valence-corrected chi connectivity index (χ1v) is 36.6. The number of aliphatic hydroxyl groups is 3. The van der Waals surface area contributed by atoms with Gasteiger partial charge >= 0.3 is 18.0 Å². The van der Waals surface area contributed by atoms with Gasteiger partial charge in [-0.3, -0.25) is 43.4 Å². The van der Waals surface area contributed by atoms with Gasteiger partial charge in [0.2, 0.25) is 18.1 Å². The zero-order valence-corrected chi connectivity index (χ0v) is 59.6. The Bertz CT molecular complexity index is 4460. The van der Waals surface area contributed by atoms with Crippen LogP contribution in [0.15, 0.2) is 91.1 Å². The second-order valence-electron chi connectivity index (χ2n) is 28.6. The van der Waals surface area contributed by atoms with Gasteiger partial charge < -0.3 is 74.4 Å². The molecule has 4 saturated carbocycles. The van der Waals surface area contributed by atoms with Crippen molar-refractivity contribution in [2.24, 2.45) is 16.2 Å². The molecule has 4 aliphatic carbocycles. The lowest BCUT2D eigenvalue weighted by Crippen LogP contribution is -2.64. The average Bonchev–Trinajstić information content (AvgIpc) is 1.60. The predicted octanol–water partition coefficient (Wildman–Crippen LogP) is 4.25. The molecule has 6 heterocycles. The Hall–Kier alpha value is -9.52. The van der Waals surface area contributed by atoms with Crippen LogP contribution in [0.25, 0.3) is 21.3 Å². The number of amides is 6. The normalized spacial score (nSPS) is 24.9. The van der Waals surface area contributed by atoms with Crippen molar-refractivity contribution in [3.63, 3.8) is 0 Å². The molecule has 4 bridgehead atoms. The molecule has 5 fully saturated rings. The fourth-order valence-corrected chi connectivity index (χ4v) is 18.0. The standard InChI is InChI=1S/C71H82N10O22S2/c1-40-46(44-14-15-52(76-56(44)63(90)91)79-21-18-41-8-7-9-45(47(41)30-79)61(88)77-66-75-48-10-5-6-11-51(48)104-66)29-73-81(40)39-70-34-68(2)33-69(3,35-70)37-71(36-68,38-70)101-25-23-78(4)67(94)100-31-42-12-13-43(102-65-59(87)57(85)58(86)60(103-65)64(92)93)28-50(42)99-27-26-98-24-20-72-62(89)49(32-105(95,96)97)74-53(82)19-22-80-54(83)16-17-55(80)84/h5-17,28-29,49,57-60,65,85-87H,18-27,30-39H2,1-4H3,(H,72,89)(H,74,82)(H,90,91)(H,92,93)(H,75,77,88)(H,95,96,97)/t49?,57-,58-,59+,60-,65+,68?,69?,70?,71?/m0/s1. The van der Waals surface area contributed by atoms with Gasteiger partial charge in [0.15, 0.2) is 16.9 Å². The lowest BCUT2D eigenvalue weighted by Gasteiger charge is -2.69. The van der Waals surface area contributed by atoms with E-state index in [2.05, 4.69) is 34.8 Å². The van der Waals surface area contributed by atoms with Crippen molar-refractivity contribution >= 4 is 90.2 Å². The van der Waals surface area contributed by atoms with Gasteiger partial charge in [-0.15, -0.1) is 0 Å². The van der Waals surface area contributed by atoms with E-state index < -0.39 is 106 Å². The van der Waals surface area contributed by atoms with Crippen LogP contribution in [0.5, 0.6) is 11.5 Å². The summed E-state index contributed by atoms with van der Waals surface area (Å²) in [6.45, 7) is 6.84. The number of imide groups is 1. The number of para-hydroxylation sites is 1. The summed E-state index contributed by atoms with van der Waals surface area (Å²) in [5.74, 6) is -7.09. The van der Waals surface area contributed by atoms with Gasteiger partial charge in [-0.1, -0.05) is 49.4 Å². The van der Waals surface area contributed by atoms with E-state index in [4.69, 9.17) is 38.5 Å². The van der Waals surface area contributed by atoms with Crippen molar-refractivity contribution < 1.29 is 105 Å². The maximum Gasteiger partial charge on any atom is 0.409 e. The summed E-state index contributed by atoms with van der Waals surface area (Å²) in [5, 5.41) is 64.7. The number of hydrogen-bond donors (Lipinski definition) is 9. The fourth-order valence-electron chi connectivity index (χ4n) is 16.5. The molecule has 9 N–H and O–H groups in total. The summed E-state index contributed by atoms with van der Waals surface area (Å²) in [6, 6.07) is 19.3. The second kappa shape index (κ2) is 30.5. The van der Waals surface area contributed by atoms with E-state index in [1.165, 1.54) is 34.4 Å². The maximum atomic E-state index is 13.8. The first kappa shape index (κ1) is 75.2. The van der Waals surface area contributed by atoms with E-state index >= 15 is 0 Å². The number of nitrogens with zero attached hydrogens (tertiary/aromatic N) is 7. The molecule has 105 heavy (non-hydrogen) atoms. The van der Waals surface area contributed by atoms with Crippen molar-refractivity contribution in [1.29, 1.82) is 0 Å². The van der Waals surface area contributed by atoms with E-state index in [0.29, 0.717) is 53.7 Å². The highest BCUT2D eigenvalue weighted by atomic mass is 32.2. The van der Waals surface area contributed by atoms with Gasteiger partial charge in [-0.25, -0.2) is 24.4 Å². The van der Waals surface area contributed by atoms with Crippen molar-refractivity contribution in [1.82, 2.24) is 40.2 Å². The van der Waals surface area contributed by atoms with Gasteiger partial charge in [0, 0.05) is 98.9 Å². The van der Waals surface area contributed by atoms with Gasteiger partial charge in [0.05, 0.1) is 41.8 Å². The molecule has 3 aromatic carbocycles. The first-order chi connectivity index (χ1) is 49.9. The number of fused-ring (bicyclic) bond motifs is 2. The molecule has 560 valence electrons. The quantitative estimate of drug-likeness (QED) is 0.0173. The molecule has 13 rings (SSSR count). The van der Waals surface area contributed by atoms with Crippen LogP contribution in [0.2, 0.25) is 0 Å². The molecule has 8 atom stereocenters. The number of aromatic nitrogens is 4. The lowest BCUT2D eigenvalue weighted by atomic mass is 9.39. The third-order valence-electron chi connectivity index (χ3n) is 20.1. The second-order valence-corrected chi connectivity index (χ2v) is 31.1. The molecule has 3 unspecified atom stereocenters. The van der Waals surface area contributed by atoms with Crippen LogP contribution < -0.4 is 30.3 Å². The monoisotopic (exact) mass is 1490 g/mol. The Kier molecular flexibility index (Phi) is 21.8. The minimum absolute atomic E-state index is 0.0414. The molecule has 3 aromatic heterocycles. The maximum absolute atomic E-state index is 13.8. The Balaban J connectivity index is 0.658. The number of nitrogens with one attached hydrogen (secondary N) is 3. The third kappa shape index (κ3) is 17.1. The summed E-state index contributed by atoms with van der Waals surface area (Å²) in [7, 11) is -3.23. The molecule has 6 amide bonds. The Labute approximate surface area is 606 Å². The predicted molar refractivity (Wildman–Crippen MR) is 373 cm³/mol. The average molecular weight is 1490 g/mol. The van der Waals surface area contributed by atoms with Gasteiger partial charge in [-0.2, -0.15) is 13.5 Å². The summed E-state index contributed by atoms with van der Waals surface area (Å²) in [6.07, 6.45) is -1.25. The zero-order valence-electron chi connectivity index (χ0n) is 57.9. The number of aromatic carboxylic acids is 1. The molecule has 6 aromatic rings. The number of carboxylic acids is 2. The van der Waals surface area contributed by atoms with Crippen LogP contribution in [0.3, 0.4) is 0 Å².